The minimum atomic E-state index is 0.530. The highest BCUT2D eigenvalue weighted by Crippen LogP contribution is 2.16. The second-order valence-electron chi connectivity index (χ2n) is 3.29. The van der Waals surface area contributed by atoms with E-state index in [-0.39, 0.29) is 0 Å². The second-order valence-corrected chi connectivity index (χ2v) is 3.29. The summed E-state index contributed by atoms with van der Waals surface area (Å²) in [6.45, 7) is 3.66. The highest BCUT2D eigenvalue weighted by atomic mass is 15.1. The van der Waals surface area contributed by atoms with E-state index in [2.05, 4.69) is 16.4 Å². The first-order chi connectivity index (χ1) is 7.27. The maximum atomic E-state index is 8.50. The van der Waals surface area contributed by atoms with Gasteiger partial charge < -0.3 is 10.2 Å². The number of rotatable bonds is 5. The van der Waals surface area contributed by atoms with E-state index in [1.807, 2.05) is 24.9 Å². The normalized spacial score (nSPS) is 9.40. The lowest BCUT2D eigenvalue weighted by atomic mass is 10.3. The Morgan fingerprint density at radius 1 is 1.53 bits per heavy atom. The molecule has 1 aromatic rings. The lowest BCUT2D eigenvalue weighted by molar-refractivity contribution is 0.901. The Hall–Kier alpha value is -1.76. The van der Waals surface area contributed by atoms with Crippen molar-refractivity contribution in [3.05, 3.63) is 18.5 Å². The lowest BCUT2D eigenvalue weighted by Crippen LogP contribution is -2.18. The third-order valence-electron chi connectivity index (χ3n) is 2.10. The predicted molar refractivity (Wildman–Crippen MR) is 61.9 cm³/mol. The summed E-state index contributed by atoms with van der Waals surface area (Å²) in [5.41, 5.74) is 2.04. The van der Waals surface area contributed by atoms with Crippen LogP contribution in [-0.2, 0) is 0 Å². The maximum absolute atomic E-state index is 8.50. The number of nitrogens with one attached hydrogen (secondary N) is 1. The van der Waals surface area contributed by atoms with E-state index < -0.39 is 0 Å². The van der Waals surface area contributed by atoms with E-state index in [1.165, 1.54) is 0 Å². The Kier molecular flexibility index (Phi) is 4.42. The molecule has 0 saturated heterocycles. The molecule has 0 aliphatic heterocycles. The van der Waals surface area contributed by atoms with E-state index in [9.17, 15) is 0 Å². The number of nitrogens with zero attached hydrogens (tertiary/aromatic N) is 3. The van der Waals surface area contributed by atoms with E-state index >= 15 is 0 Å². The van der Waals surface area contributed by atoms with Crippen LogP contribution in [0.15, 0.2) is 18.5 Å². The molecular weight excluding hydrogens is 188 g/mol. The summed E-state index contributed by atoms with van der Waals surface area (Å²) in [7, 11) is 1.96. The number of hydrogen-bond donors (Lipinski definition) is 1. The van der Waals surface area contributed by atoms with Gasteiger partial charge in [0, 0.05) is 20.1 Å². The van der Waals surface area contributed by atoms with Crippen molar-refractivity contribution in [2.45, 2.75) is 13.3 Å². The van der Waals surface area contributed by atoms with Crippen LogP contribution >= 0.6 is 0 Å². The quantitative estimate of drug-likeness (QED) is 0.795. The molecule has 0 fully saturated rings. The summed E-state index contributed by atoms with van der Waals surface area (Å²) in [6, 6.07) is 4.17. The topological polar surface area (TPSA) is 52.0 Å². The monoisotopic (exact) mass is 204 g/mol. The summed E-state index contributed by atoms with van der Waals surface area (Å²) in [6.07, 6.45) is 4.13. The molecule has 0 atom stereocenters. The Bertz CT molecular complexity index is 343. The van der Waals surface area contributed by atoms with Gasteiger partial charge in [0.25, 0.3) is 0 Å². The van der Waals surface area contributed by atoms with Gasteiger partial charge in [-0.25, -0.2) is 0 Å². The lowest BCUT2D eigenvalue weighted by Gasteiger charge is -2.17. The van der Waals surface area contributed by atoms with Gasteiger partial charge in [-0.1, -0.05) is 0 Å². The molecular formula is C11H16N4. The summed E-state index contributed by atoms with van der Waals surface area (Å²) < 4.78 is 0. The maximum Gasteiger partial charge on any atom is 0.0640 e. The van der Waals surface area contributed by atoms with Gasteiger partial charge in [0.1, 0.15) is 0 Å². The highest BCUT2D eigenvalue weighted by molar-refractivity contribution is 5.55. The van der Waals surface area contributed by atoms with Crippen molar-refractivity contribution >= 4 is 11.4 Å². The Balaban J connectivity index is 2.67. The molecule has 0 saturated carbocycles. The molecule has 0 unspecified atom stereocenters. The molecule has 0 aliphatic carbocycles. The molecule has 0 bridgehead atoms. The standard InChI is InChI=1S/C11H16N4/c1-3-14-10-7-11(9-13-8-10)15(2)6-4-5-12/h7-9,14H,3-4,6H2,1-2H3. The van der Waals surface area contributed by atoms with Crippen LogP contribution in [0.4, 0.5) is 11.4 Å². The molecule has 0 spiro atoms. The van der Waals surface area contributed by atoms with Crippen LogP contribution in [0, 0.1) is 11.3 Å². The van der Waals surface area contributed by atoms with Crippen LogP contribution < -0.4 is 10.2 Å². The minimum absolute atomic E-state index is 0.530. The predicted octanol–water partition coefficient (Wildman–Crippen LogP) is 1.86. The van der Waals surface area contributed by atoms with Crippen molar-refractivity contribution in [2.75, 3.05) is 30.4 Å². The van der Waals surface area contributed by atoms with E-state index in [4.69, 9.17) is 5.26 Å². The largest absolute Gasteiger partial charge is 0.384 e. The molecule has 1 aromatic heterocycles. The van der Waals surface area contributed by atoms with Gasteiger partial charge in [0.05, 0.1) is 36.3 Å². The smallest absolute Gasteiger partial charge is 0.0640 e. The fourth-order valence-electron chi connectivity index (χ4n) is 1.28. The average Bonchev–Trinajstić information content (AvgIpc) is 2.27. The number of aromatic nitrogens is 1. The molecule has 80 valence electrons. The van der Waals surface area contributed by atoms with Crippen molar-refractivity contribution in [2.24, 2.45) is 0 Å². The summed E-state index contributed by atoms with van der Waals surface area (Å²) in [5, 5.41) is 11.7. The van der Waals surface area contributed by atoms with Crippen LogP contribution in [0.3, 0.4) is 0 Å². The van der Waals surface area contributed by atoms with E-state index in [0.29, 0.717) is 6.42 Å². The zero-order valence-electron chi connectivity index (χ0n) is 9.20. The molecule has 1 N–H and O–H groups in total. The van der Waals surface area contributed by atoms with Gasteiger partial charge in [-0.3, -0.25) is 4.98 Å². The van der Waals surface area contributed by atoms with Gasteiger partial charge >= 0.3 is 0 Å². The van der Waals surface area contributed by atoms with Crippen molar-refractivity contribution in [1.82, 2.24) is 4.98 Å². The SMILES string of the molecule is CCNc1cncc(N(C)CCC#N)c1. The molecule has 0 aliphatic rings. The van der Waals surface area contributed by atoms with Crippen LogP contribution in [-0.4, -0.2) is 25.1 Å². The third kappa shape index (κ3) is 3.47. The molecule has 15 heavy (non-hydrogen) atoms. The van der Waals surface area contributed by atoms with Gasteiger partial charge in [-0.05, 0) is 13.0 Å². The Morgan fingerprint density at radius 2 is 2.33 bits per heavy atom. The Labute approximate surface area is 90.5 Å². The van der Waals surface area contributed by atoms with Crippen molar-refractivity contribution in [3.63, 3.8) is 0 Å². The molecule has 0 radical (unpaired) electrons. The number of nitriles is 1. The number of anilines is 2. The van der Waals surface area contributed by atoms with Crippen LogP contribution in [0.25, 0.3) is 0 Å². The van der Waals surface area contributed by atoms with Crippen LogP contribution in [0.1, 0.15) is 13.3 Å². The summed E-state index contributed by atoms with van der Waals surface area (Å²) >= 11 is 0. The molecule has 1 heterocycles. The zero-order chi connectivity index (χ0) is 11.1. The van der Waals surface area contributed by atoms with E-state index in [0.717, 1.165) is 24.5 Å². The van der Waals surface area contributed by atoms with Crippen molar-refractivity contribution in [3.8, 4) is 6.07 Å². The molecule has 4 nitrogen and oxygen atoms in total. The van der Waals surface area contributed by atoms with E-state index in [1.54, 1.807) is 12.4 Å². The van der Waals surface area contributed by atoms with Gasteiger partial charge in [0.15, 0.2) is 0 Å². The van der Waals surface area contributed by atoms with Gasteiger partial charge in [0.2, 0.25) is 0 Å². The molecule has 0 aromatic carbocycles. The summed E-state index contributed by atoms with van der Waals surface area (Å²) in [5.74, 6) is 0. The average molecular weight is 204 g/mol. The highest BCUT2D eigenvalue weighted by Gasteiger charge is 2.01. The fourth-order valence-corrected chi connectivity index (χ4v) is 1.28. The number of hydrogen-bond acceptors (Lipinski definition) is 4. The minimum Gasteiger partial charge on any atom is -0.384 e. The molecule has 0 amide bonds. The molecule has 4 heteroatoms. The van der Waals surface area contributed by atoms with Crippen LogP contribution in [0.2, 0.25) is 0 Å². The first-order valence-corrected chi connectivity index (χ1v) is 5.05. The Morgan fingerprint density at radius 3 is 3.00 bits per heavy atom. The number of pyridine rings is 1. The molecule has 1 rings (SSSR count). The second kappa shape index (κ2) is 5.86. The fraction of sp³-hybridized carbons (Fsp3) is 0.455. The first-order valence-electron chi connectivity index (χ1n) is 5.05. The first kappa shape index (κ1) is 11.3. The zero-order valence-corrected chi connectivity index (χ0v) is 9.20. The van der Waals surface area contributed by atoms with Crippen molar-refractivity contribution < 1.29 is 0 Å². The van der Waals surface area contributed by atoms with Crippen LogP contribution in [0.5, 0.6) is 0 Å². The van der Waals surface area contributed by atoms with Gasteiger partial charge in [-0.2, -0.15) is 5.26 Å². The van der Waals surface area contributed by atoms with Crippen molar-refractivity contribution in [1.29, 1.82) is 5.26 Å². The third-order valence-corrected chi connectivity index (χ3v) is 2.10. The van der Waals surface area contributed by atoms with Gasteiger partial charge in [-0.15, -0.1) is 0 Å². The summed E-state index contributed by atoms with van der Waals surface area (Å²) in [4.78, 5) is 6.17.